The summed E-state index contributed by atoms with van der Waals surface area (Å²) in [5, 5.41) is 0. The minimum atomic E-state index is -0.209. The molecule has 1 aromatic rings. The highest BCUT2D eigenvalue weighted by Gasteiger charge is 2.14. The minimum absolute atomic E-state index is 0.209. The molecule has 0 aromatic heterocycles. The first-order chi connectivity index (χ1) is 8.62. The summed E-state index contributed by atoms with van der Waals surface area (Å²) in [5.41, 5.74) is 7.36. The van der Waals surface area contributed by atoms with Crippen molar-refractivity contribution in [2.75, 3.05) is 31.7 Å². The Hall–Kier alpha value is -1.13. The fourth-order valence-electron chi connectivity index (χ4n) is 2.19. The summed E-state index contributed by atoms with van der Waals surface area (Å²) in [6, 6.07) is 5.33. The van der Waals surface area contributed by atoms with Crippen LogP contribution in [0.15, 0.2) is 18.2 Å². The third-order valence-electron chi connectivity index (χ3n) is 2.99. The summed E-state index contributed by atoms with van der Waals surface area (Å²) in [6.45, 7) is 6.09. The largest absolute Gasteiger partial charge is 0.383 e. The molecule has 1 atom stereocenters. The van der Waals surface area contributed by atoms with Crippen molar-refractivity contribution in [3.05, 3.63) is 29.6 Å². The number of likely N-dealkylation sites (N-methyl/N-ethyl adjacent to an activating group) is 1. The Labute approximate surface area is 109 Å². The van der Waals surface area contributed by atoms with E-state index in [4.69, 9.17) is 10.5 Å². The van der Waals surface area contributed by atoms with Gasteiger partial charge in [0.2, 0.25) is 0 Å². The van der Waals surface area contributed by atoms with Crippen molar-refractivity contribution in [3.63, 3.8) is 0 Å². The Kier molecular flexibility index (Phi) is 6.09. The normalized spacial score (nSPS) is 12.5. The van der Waals surface area contributed by atoms with Crippen LogP contribution in [-0.2, 0) is 11.2 Å². The summed E-state index contributed by atoms with van der Waals surface area (Å²) < 4.78 is 18.8. The lowest BCUT2D eigenvalue weighted by Gasteiger charge is -2.30. The Morgan fingerprint density at radius 2 is 2.11 bits per heavy atom. The van der Waals surface area contributed by atoms with Gasteiger partial charge < -0.3 is 15.4 Å². The van der Waals surface area contributed by atoms with Gasteiger partial charge in [0, 0.05) is 25.4 Å². The second-order valence-electron chi connectivity index (χ2n) is 4.45. The van der Waals surface area contributed by atoms with E-state index in [2.05, 4.69) is 18.7 Å². The van der Waals surface area contributed by atoms with Gasteiger partial charge in [0.15, 0.2) is 0 Å². The molecule has 0 saturated heterocycles. The molecular formula is C14H23FN2O. The van der Waals surface area contributed by atoms with Crippen LogP contribution in [0.3, 0.4) is 0 Å². The molecule has 0 aliphatic heterocycles. The number of ether oxygens (including phenoxy) is 1. The molecule has 0 spiro atoms. The van der Waals surface area contributed by atoms with Crippen molar-refractivity contribution in [1.29, 1.82) is 0 Å². The van der Waals surface area contributed by atoms with Gasteiger partial charge in [-0.1, -0.05) is 0 Å². The van der Waals surface area contributed by atoms with Crippen molar-refractivity contribution in [2.24, 2.45) is 5.73 Å². The molecule has 1 rings (SSSR count). The molecule has 18 heavy (non-hydrogen) atoms. The molecule has 0 radical (unpaired) electrons. The summed E-state index contributed by atoms with van der Waals surface area (Å²) in [4.78, 5) is 2.13. The summed E-state index contributed by atoms with van der Waals surface area (Å²) in [6.07, 6.45) is 0.695. The van der Waals surface area contributed by atoms with Crippen LogP contribution in [0.5, 0.6) is 0 Å². The number of hydrogen-bond donors (Lipinski definition) is 1. The molecule has 102 valence electrons. The Bertz CT molecular complexity index is 371. The van der Waals surface area contributed by atoms with Crippen LogP contribution in [0, 0.1) is 5.82 Å². The molecule has 0 bridgehead atoms. The molecule has 3 nitrogen and oxygen atoms in total. The standard InChI is InChI=1S/C14H23FN2O/c1-4-17(11(2)10-18-3)14-8-12(5-6-16)7-13(15)9-14/h7-9,11H,4-6,10,16H2,1-3H3. The van der Waals surface area contributed by atoms with E-state index in [0.717, 1.165) is 17.8 Å². The zero-order valence-electron chi connectivity index (χ0n) is 11.4. The smallest absolute Gasteiger partial charge is 0.125 e. The van der Waals surface area contributed by atoms with Gasteiger partial charge in [0.1, 0.15) is 5.82 Å². The average molecular weight is 254 g/mol. The van der Waals surface area contributed by atoms with Gasteiger partial charge in [-0.05, 0) is 50.6 Å². The molecule has 0 fully saturated rings. The lowest BCUT2D eigenvalue weighted by atomic mass is 10.1. The molecule has 1 unspecified atom stereocenters. The number of hydrogen-bond acceptors (Lipinski definition) is 3. The fraction of sp³-hybridized carbons (Fsp3) is 0.571. The monoisotopic (exact) mass is 254 g/mol. The van der Waals surface area contributed by atoms with E-state index in [-0.39, 0.29) is 11.9 Å². The molecule has 0 aliphatic rings. The zero-order valence-corrected chi connectivity index (χ0v) is 11.4. The highest BCUT2D eigenvalue weighted by molar-refractivity contribution is 5.50. The van der Waals surface area contributed by atoms with E-state index >= 15 is 0 Å². The number of methoxy groups -OCH3 is 1. The Morgan fingerprint density at radius 3 is 2.67 bits per heavy atom. The maximum absolute atomic E-state index is 13.6. The van der Waals surface area contributed by atoms with Crippen LogP contribution in [0.1, 0.15) is 19.4 Å². The molecule has 0 aliphatic carbocycles. The average Bonchev–Trinajstić information content (AvgIpc) is 2.30. The summed E-state index contributed by atoms with van der Waals surface area (Å²) in [5.74, 6) is -0.209. The van der Waals surface area contributed by atoms with E-state index in [1.165, 1.54) is 0 Å². The zero-order chi connectivity index (χ0) is 13.5. The second-order valence-corrected chi connectivity index (χ2v) is 4.45. The molecule has 0 heterocycles. The topological polar surface area (TPSA) is 38.5 Å². The number of halogens is 1. The molecule has 4 heteroatoms. The first-order valence-electron chi connectivity index (χ1n) is 6.37. The van der Waals surface area contributed by atoms with Crippen molar-refractivity contribution < 1.29 is 9.13 Å². The van der Waals surface area contributed by atoms with Gasteiger partial charge in [-0.25, -0.2) is 4.39 Å². The van der Waals surface area contributed by atoms with Crippen molar-refractivity contribution in [1.82, 2.24) is 0 Å². The van der Waals surface area contributed by atoms with Crippen LogP contribution in [-0.4, -0.2) is 32.8 Å². The molecule has 2 N–H and O–H groups in total. The molecule has 0 amide bonds. The number of anilines is 1. The number of benzene rings is 1. The molecule has 0 saturated carbocycles. The van der Waals surface area contributed by atoms with E-state index in [9.17, 15) is 4.39 Å². The van der Waals surface area contributed by atoms with Crippen molar-refractivity contribution >= 4 is 5.69 Å². The van der Waals surface area contributed by atoms with E-state index in [1.54, 1.807) is 19.2 Å². The highest BCUT2D eigenvalue weighted by Crippen LogP contribution is 2.21. The van der Waals surface area contributed by atoms with Crippen LogP contribution in [0.25, 0.3) is 0 Å². The molecule has 1 aromatic carbocycles. The van der Waals surface area contributed by atoms with Gasteiger partial charge in [0.05, 0.1) is 6.61 Å². The predicted octanol–water partition coefficient (Wildman–Crippen LogP) is 2.19. The SMILES string of the molecule is CCN(c1cc(F)cc(CCN)c1)C(C)COC. The van der Waals surface area contributed by atoms with Crippen LogP contribution < -0.4 is 10.6 Å². The van der Waals surface area contributed by atoms with Gasteiger partial charge in [-0.3, -0.25) is 0 Å². The minimum Gasteiger partial charge on any atom is -0.383 e. The number of nitrogens with zero attached hydrogens (tertiary/aromatic N) is 1. The van der Waals surface area contributed by atoms with E-state index in [0.29, 0.717) is 19.6 Å². The maximum Gasteiger partial charge on any atom is 0.125 e. The lowest BCUT2D eigenvalue weighted by Crippen LogP contribution is -2.36. The highest BCUT2D eigenvalue weighted by atomic mass is 19.1. The second kappa shape index (κ2) is 7.34. The number of nitrogens with two attached hydrogens (primary N) is 1. The lowest BCUT2D eigenvalue weighted by molar-refractivity contribution is 0.182. The quantitative estimate of drug-likeness (QED) is 0.810. The summed E-state index contributed by atoms with van der Waals surface area (Å²) >= 11 is 0. The predicted molar refractivity (Wildman–Crippen MR) is 73.5 cm³/mol. The fourth-order valence-corrected chi connectivity index (χ4v) is 2.19. The van der Waals surface area contributed by atoms with Gasteiger partial charge in [-0.2, -0.15) is 0 Å². The first-order valence-corrected chi connectivity index (χ1v) is 6.37. The van der Waals surface area contributed by atoms with Crippen LogP contribution in [0.2, 0.25) is 0 Å². The Morgan fingerprint density at radius 1 is 1.39 bits per heavy atom. The van der Waals surface area contributed by atoms with Crippen molar-refractivity contribution in [3.8, 4) is 0 Å². The van der Waals surface area contributed by atoms with Gasteiger partial charge in [0.25, 0.3) is 0 Å². The van der Waals surface area contributed by atoms with Crippen LogP contribution in [0.4, 0.5) is 10.1 Å². The summed E-state index contributed by atoms with van der Waals surface area (Å²) in [7, 11) is 1.68. The third kappa shape index (κ3) is 3.96. The van der Waals surface area contributed by atoms with Crippen molar-refractivity contribution in [2.45, 2.75) is 26.3 Å². The Balaban J connectivity index is 2.97. The third-order valence-corrected chi connectivity index (χ3v) is 2.99. The first kappa shape index (κ1) is 14.9. The molecular weight excluding hydrogens is 231 g/mol. The maximum atomic E-state index is 13.6. The van der Waals surface area contributed by atoms with Gasteiger partial charge in [-0.15, -0.1) is 0 Å². The van der Waals surface area contributed by atoms with E-state index in [1.807, 2.05) is 6.07 Å². The number of rotatable bonds is 7. The van der Waals surface area contributed by atoms with Gasteiger partial charge >= 0.3 is 0 Å². The van der Waals surface area contributed by atoms with Crippen LogP contribution >= 0.6 is 0 Å². The van der Waals surface area contributed by atoms with E-state index < -0.39 is 0 Å².